The van der Waals surface area contributed by atoms with Gasteiger partial charge >= 0.3 is 0 Å². The minimum Gasteiger partial charge on any atom is -0.379 e. The van der Waals surface area contributed by atoms with Crippen molar-refractivity contribution in [3.63, 3.8) is 0 Å². The van der Waals surface area contributed by atoms with Gasteiger partial charge in [0.15, 0.2) is 0 Å². The Labute approximate surface area is 174 Å². The molecule has 1 atom stereocenters. The second-order valence-corrected chi connectivity index (χ2v) is 8.35. The number of nitrogens with zero attached hydrogens (tertiary/aromatic N) is 2. The molecule has 4 heteroatoms. The SMILES string of the molecule is C[C@@H](CN1CCOCC1)C(C(=O)N1CCCC1)(c1ccccc1)c1ccccc1. The smallest absolute Gasteiger partial charge is 0.238 e. The third-order valence-electron chi connectivity index (χ3n) is 6.56. The molecule has 0 unspecified atom stereocenters. The summed E-state index contributed by atoms with van der Waals surface area (Å²) in [6, 6.07) is 20.9. The van der Waals surface area contributed by atoms with E-state index in [1.165, 1.54) is 0 Å². The molecule has 2 saturated heterocycles. The summed E-state index contributed by atoms with van der Waals surface area (Å²) in [5.74, 6) is 0.395. The Bertz CT molecular complexity index is 741. The van der Waals surface area contributed by atoms with Gasteiger partial charge in [0.05, 0.1) is 13.2 Å². The number of hydrogen-bond acceptors (Lipinski definition) is 3. The van der Waals surface area contributed by atoms with Crippen molar-refractivity contribution in [1.82, 2.24) is 9.80 Å². The van der Waals surface area contributed by atoms with Crippen LogP contribution in [0.15, 0.2) is 60.7 Å². The predicted octanol–water partition coefficient (Wildman–Crippen LogP) is 3.56. The number of rotatable bonds is 6. The van der Waals surface area contributed by atoms with Gasteiger partial charge in [-0.25, -0.2) is 0 Å². The second kappa shape index (κ2) is 9.10. The van der Waals surface area contributed by atoms with Crippen molar-refractivity contribution < 1.29 is 9.53 Å². The Morgan fingerprint density at radius 1 is 0.897 bits per heavy atom. The molecule has 2 heterocycles. The lowest BCUT2D eigenvalue weighted by molar-refractivity contribution is -0.137. The van der Waals surface area contributed by atoms with Gasteiger partial charge in [-0.2, -0.15) is 0 Å². The van der Waals surface area contributed by atoms with E-state index in [9.17, 15) is 4.79 Å². The summed E-state index contributed by atoms with van der Waals surface area (Å²) >= 11 is 0. The third-order valence-corrected chi connectivity index (χ3v) is 6.56. The van der Waals surface area contributed by atoms with Gasteiger partial charge in [0.1, 0.15) is 5.41 Å². The lowest BCUT2D eigenvalue weighted by atomic mass is 9.65. The number of morpholine rings is 1. The van der Waals surface area contributed by atoms with Crippen LogP contribution in [0.4, 0.5) is 0 Å². The van der Waals surface area contributed by atoms with Gasteiger partial charge in [-0.05, 0) is 29.9 Å². The first-order valence-corrected chi connectivity index (χ1v) is 10.9. The standard InChI is InChI=1S/C25H32N2O2/c1-21(20-26-16-18-29-19-17-26)25(22-10-4-2-5-11-22,23-12-6-3-7-13-23)24(28)27-14-8-9-15-27/h2-7,10-13,21H,8-9,14-20H2,1H3/t21-/m0/s1. The van der Waals surface area contributed by atoms with Gasteiger partial charge in [0.2, 0.25) is 5.91 Å². The molecule has 0 N–H and O–H groups in total. The molecule has 0 radical (unpaired) electrons. The lowest BCUT2D eigenvalue weighted by Gasteiger charge is -2.43. The number of amides is 1. The normalized spacial score (nSPS) is 19.3. The molecule has 4 rings (SSSR count). The molecule has 29 heavy (non-hydrogen) atoms. The van der Waals surface area contributed by atoms with Gasteiger partial charge in [0.25, 0.3) is 0 Å². The van der Waals surface area contributed by atoms with Crippen LogP contribution in [0.5, 0.6) is 0 Å². The average Bonchev–Trinajstić information content (AvgIpc) is 3.31. The van der Waals surface area contributed by atoms with Crippen molar-refractivity contribution in [3.05, 3.63) is 71.8 Å². The highest BCUT2D eigenvalue weighted by Crippen LogP contribution is 2.42. The van der Waals surface area contributed by atoms with Crippen molar-refractivity contribution in [2.24, 2.45) is 5.92 Å². The number of ether oxygens (including phenoxy) is 1. The van der Waals surface area contributed by atoms with Crippen LogP contribution in [0.3, 0.4) is 0 Å². The third kappa shape index (κ3) is 3.96. The Kier molecular flexibility index (Phi) is 6.31. The van der Waals surface area contributed by atoms with Crippen LogP contribution in [-0.2, 0) is 14.9 Å². The highest BCUT2D eigenvalue weighted by molar-refractivity contribution is 5.92. The molecule has 2 aliphatic heterocycles. The fourth-order valence-corrected chi connectivity index (χ4v) is 5.07. The first-order valence-electron chi connectivity index (χ1n) is 10.9. The van der Waals surface area contributed by atoms with E-state index in [1.807, 2.05) is 12.1 Å². The Balaban J connectivity index is 1.81. The van der Waals surface area contributed by atoms with Crippen LogP contribution in [0.25, 0.3) is 0 Å². The van der Waals surface area contributed by atoms with Gasteiger partial charge in [-0.1, -0.05) is 67.6 Å². The average molecular weight is 393 g/mol. The van der Waals surface area contributed by atoms with E-state index >= 15 is 0 Å². The minimum atomic E-state index is -0.675. The Hall–Kier alpha value is -2.17. The van der Waals surface area contributed by atoms with Crippen LogP contribution in [0.1, 0.15) is 30.9 Å². The first-order chi connectivity index (χ1) is 14.2. The van der Waals surface area contributed by atoms with E-state index in [4.69, 9.17) is 4.74 Å². The summed E-state index contributed by atoms with van der Waals surface area (Å²) in [7, 11) is 0. The number of benzene rings is 2. The maximum atomic E-state index is 14.2. The molecule has 0 aliphatic carbocycles. The first kappa shape index (κ1) is 20.1. The largest absolute Gasteiger partial charge is 0.379 e. The van der Waals surface area contributed by atoms with Crippen molar-refractivity contribution >= 4 is 5.91 Å². The maximum Gasteiger partial charge on any atom is 0.238 e. The number of likely N-dealkylation sites (tertiary alicyclic amines) is 1. The van der Waals surface area contributed by atoms with E-state index < -0.39 is 5.41 Å². The molecule has 2 aliphatic rings. The molecular formula is C25H32N2O2. The Morgan fingerprint density at radius 3 is 1.93 bits per heavy atom. The topological polar surface area (TPSA) is 32.8 Å². The van der Waals surface area contributed by atoms with E-state index in [0.717, 1.165) is 69.9 Å². The van der Waals surface area contributed by atoms with Crippen LogP contribution in [0, 0.1) is 5.92 Å². The molecule has 2 fully saturated rings. The summed E-state index contributed by atoms with van der Waals surface area (Å²) in [6.07, 6.45) is 2.20. The van der Waals surface area contributed by atoms with Gasteiger partial charge in [-0.3, -0.25) is 9.69 Å². The summed E-state index contributed by atoms with van der Waals surface area (Å²) in [5.41, 5.74) is 1.53. The molecule has 0 bridgehead atoms. The fourth-order valence-electron chi connectivity index (χ4n) is 5.07. The zero-order valence-corrected chi connectivity index (χ0v) is 17.4. The second-order valence-electron chi connectivity index (χ2n) is 8.35. The molecule has 2 aromatic rings. The van der Waals surface area contributed by atoms with Crippen molar-refractivity contribution in [2.45, 2.75) is 25.2 Å². The van der Waals surface area contributed by atoms with Crippen LogP contribution < -0.4 is 0 Å². The van der Waals surface area contributed by atoms with Gasteiger partial charge in [0, 0.05) is 32.7 Å². The van der Waals surface area contributed by atoms with E-state index in [2.05, 4.69) is 65.3 Å². The van der Waals surface area contributed by atoms with Gasteiger partial charge < -0.3 is 9.64 Å². The van der Waals surface area contributed by atoms with E-state index in [1.54, 1.807) is 0 Å². The van der Waals surface area contributed by atoms with Crippen LogP contribution in [-0.4, -0.2) is 61.6 Å². The molecule has 0 aromatic heterocycles. The summed E-state index contributed by atoms with van der Waals surface area (Å²) in [5, 5.41) is 0. The predicted molar refractivity (Wildman–Crippen MR) is 116 cm³/mol. The van der Waals surface area contributed by atoms with Crippen molar-refractivity contribution in [3.8, 4) is 0 Å². The van der Waals surface area contributed by atoms with Crippen LogP contribution in [0.2, 0.25) is 0 Å². The summed E-state index contributed by atoms with van der Waals surface area (Å²) in [6.45, 7) is 8.28. The number of carbonyl (C=O) groups excluding carboxylic acids is 1. The monoisotopic (exact) mass is 392 g/mol. The zero-order chi connectivity index (χ0) is 20.1. The number of carbonyl (C=O) groups is 1. The molecular weight excluding hydrogens is 360 g/mol. The molecule has 1 amide bonds. The molecule has 154 valence electrons. The molecule has 0 saturated carbocycles. The maximum absolute atomic E-state index is 14.2. The highest BCUT2D eigenvalue weighted by Gasteiger charge is 2.49. The zero-order valence-electron chi connectivity index (χ0n) is 17.4. The van der Waals surface area contributed by atoms with Crippen molar-refractivity contribution in [2.75, 3.05) is 45.9 Å². The number of hydrogen-bond donors (Lipinski definition) is 0. The Morgan fingerprint density at radius 2 is 1.41 bits per heavy atom. The quantitative estimate of drug-likeness (QED) is 0.754. The lowest BCUT2D eigenvalue weighted by Crippen LogP contribution is -2.54. The molecule has 2 aromatic carbocycles. The molecule has 4 nitrogen and oxygen atoms in total. The summed E-state index contributed by atoms with van der Waals surface area (Å²) < 4.78 is 5.55. The highest BCUT2D eigenvalue weighted by atomic mass is 16.5. The van der Waals surface area contributed by atoms with Crippen LogP contribution >= 0.6 is 0 Å². The molecule has 0 spiro atoms. The summed E-state index contributed by atoms with van der Waals surface area (Å²) in [4.78, 5) is 18.8. The minimum absolute atomic E-state index is 0.137. The fraction of sp³-hybridized carbons (Fsp3) is 0.480. The van der Waals surface area contributed by atoms with Gasteiger partial charge in [-0.15, -0.1) is 0 Å². The van der Waals surface area contributed by atoms with E-state index in [-0.39, 0.29) is 11.8 Å². The van der Waals surface area contributed by atoms with Crippen molar-refractivity contribution in [1.29, 1.82) is 0 Å². The van der Waals surface area contributed by atoms with E-state index in [0.29, 0.717) is 0 Å².